The van der Waals surface area contributed by atoms with Crippen LogP contribution in [0.3, 0.4) is 0 Å². The van der Waals surface area contributed by atoms with Crippen molar-refractivity contribution >= 4 is 28.8 Å². The van der Waals surface area contributed by atoms with E-state index >= 15 is 0 Å². The van der Waals surface area contributed by atoms with E-state index in [0.29, 0.717) is 10.4 Å². The van der Waals surface area contributed by atoms with Crippen molar-refractivity contribution in [1.82, 2.24) is 10.2 Å². The molecule has 1 amide bonds. The average molecular weight is 287 g/mol. The van der Waals surface area contributed by atoms with E-state index in [1.807, 2.05) is 11.0 Å². The number of thiophene rings is 1. The standard InChI is InChI=1S/C13H19ClN2OS/c1-9(2)16(8-10-4-3-7-15-10)13(17)11-5-6-12(14)18-11/h5-6,9-10,15H,3-4,7-8H2,1-2H3. The number of carbonyl (C=O) groups is 1. The fraction of sp³-hybridized carbons (Fsp3) is 0.615. The van der Waals surface area contributed by atoms with E-state index in [9.17, 15) is 4.79 Å². The highest BCUT2D eigenvalue weighted by Crippen LogP contribution is 2.24. The van der Waals surface area contributed by atoms with Gasteiger partial charge in [-0.3, -0.25) is 4.79 Å². The molecular formula is C13H19ClN2OS. The predicted octanol–water partition coefficient (Wildman–Crippen LogP) is 3.00. The third kappa shape index (κ3) is 3.25. The van der Waals surface area contributed by atoms with Gasteiger partial charge in [0, 0.05) is 18.6 Å². The van der Waals surface area contributed by atoms with E-state index in [-0.39, 0.29) is 11.9 Å². The van der Waals surface area contributed by atoms with Gasteiger partial charge in [-0.2, -0.15) is 0 Å². The molecule has 0 aromatic carbocycles. The molecule has 100 valence electrons. The summed E-state index contributed by atoms with van der Waals surface area (Å²) in [5.41, 5.74) is 0. The van der Waals surface area contributed by atoms with Crippen molar-refractivity contribution in [3.63, 3.8) is 0 Å². The first kappa shape index (κ1) is 13.8. The topological polar surface area (TPSA) is 32.3 Å². The summed E-state index contributed by atoms with van der Waals surface area (Å²) in [5, 5.41) is 3.44. The Morgan fingerprint density at radius 3 is 2.89 bits per heavy atom. The summed E-state index contributed by atoms with van der Waals surface area (Å²) in [6.45, 7) is 5.96. The lowest BCUT2D eigenvalue weighted by Gasteiger charge is -2.29. The van der Waals surface area contributed by atoms with Gasteiger partial charge >= 0.3 is 0 Å². The van der Waals surface area contributed by atoms with Crippen LogP contribution in [0.15, 0.2) is 12.1 Å². The molecule has 2 heterocycles. The Hall–Kier alpha value is -0.580. The van der Waals surface area contributed by atoms with Gasteiger partial charge in [0.15, 0.2) is 0 Å². The molecule has 0 aliphatic carbocycles. The molecule has 0 bridgehead atoms. The lowest BCUT2D eigenvalue weighted by atomic mass is 10.2. The summed E-state index contributed by atoms with van der Waals surface area (Å²) >= 11 is 7.25. The van der Waals surface area contributed by atoms with Crippen molar-refractivity contribution in [1.29, 1.82) is 0 Å². The summed E-state index contributed by atoms with van der Waals surface area (Å²) in [4.78, 5) is 15.1. The van der Waals surface area contributed by atoms with E-state index in [1.165, 1.54) is 17.8 Å². The number of hydrogen-bond acceptors (Lipinski definition) is 3. The second-order valence-electron chi connectivity index (χ2n) is 4.95. The molecule has 3 nitrogen and oxygen atoms in total. The van der Waals surface area contributed by atoms with Crippen LogP contribution in [0, 0.1) is 0 Å². The number of carbonyl (C=O) groups excluding carboxylic acids is 1. The third-order valence-electron chi connectivity index (χ3n) is 3.25. The molecule has 2 rings (SSSR count). The highest BCUT2D eigenvalue weighted by molar-refractivity contribution is 7.17. The minimum atomic E-state index is 0.0931. The van der Waals surface area contributed by atoms with Crippen LogP contribution in [0.1, 0.15) is 36.4 Å². The number of nitrogens with one attached hydrogen (secondary N) is 1. The van der Waals surface area contributed by atoms with Crippen molar-refractivity contribution in [3.05, 3.63) is 21.3 Å². The number of hydrogen-bond donors (Lipinski definition) is 1. The summed E-state index contributed by atoms with van der Waals surface area (Å²) in [7, 11) is 0. The zero-order valence-electron chi connectivity index (χ0n) is 10.8. The largest absolute Gasteiger partial charge is 0.334 e. The van der Waals surface area contributed by atoms with Gasteiger partial charge in [-0.25, -0.2) is 0 Å². The van der Waals surface area contributed by atoms with Crippen LogP contribution in [0.5, 0.6) is 0 Å². The maximum Gasteiger partial charge on any atom is 0.264 e. The van der Waals surface area contributed by atoms with Crippen LogP contribution in [0.25, 0.3) is 0 Å². The maximum absolute atomic E-state index is 12.4. The van der Waals surface area contributed by atoms with Crippen LogP contribution in [0.2, 0.25) is 4.34 Å². The van der Waals surface area contributed by atoms with Gasteiger partial charge in [-0.05, 0) is 45.4 Å². The van der Waals surface area contributed by atoms with E-state index in [2.05, 4.69) is 19.2 Å². The summed E-state index contributed by atoms with van der Waals surface area (Å²) < 4.78 is 0.668. The Morgan fingerprint density at radius 2 is 2.39 bits per heavy atom. The molecule has 1 unspecified atom stereocenters. The Kier molecular flexibility index (Phi) is 4.65. The molecule has 1 aromatic rings. The first-order chi connectivity index (χ1) is 8.58. The molecular weight excluding hydrogens is 268 g/mol. The minimum Gasteiger partial charge on any atom is -0.334 e. The summed E-state index contributed by atoms with van der Waals surface area (Å²) in [6, 6.07) is 4.24. The van der Waals surface area contributed by atoms with E-state index in [4.69, 9.17) is 11.6 Å². The molecule has 0 radical (unpaired) electrons. The van der Waals surface area contributed by atoms with Gasteiger partial charge < -0.3 is 10.2 Å². The Labute approximate surface area is 117 Å². The highest BCUT2D eigenvalue weighted by Gasteiger charge is 2.25. The maximum atomic E-state index is 12.4. The van der Waals surface area contributed by atoms with Crippen molar-refractivity contribution in [2.24, 2.45) is 0 Å². The van der Waals surface area contributed by atoms with Crippen molar-refractivity contribution in [2.75, 3.05) is 13.1 Å². The van der Waals surface area contributed by atoms with Crippen molar-refractivity contribution in [3.8, 4) is 0 Å². The monoisotopic (exact) mass is 286 g/mol. The SMILES string of the molecule is CC(C)N(CC1CCCN1)C(=O)c1ccc(Cl)s1. The highest BCUT2D eigenvalue weighted by atomic mass is 35.5. The quantitative estimate of drug-likeness (QED) is 0.923. The van der Waals surface area contributed by atoms with Gasteiger partial charge in [-0.1, -0.05) is 11.6 Å². The van der Waals surface area contributed by atoms with Crippen molar-refractivity contribution < 1.29 is 4.79 Å². The number of nitrogens with zero attached hydrogens (tertiary/aromatic N) is 1. The molecule has 1 N–H and O–H groups in total. The van der Waals surface area contributed by atoms with Crippen LogP contribution >= 0.6 is 22.9 Å². The van der Waals surface area contributed by atoms with Crippen LogP contribution in [-0.2, 0) is 0 Å². The van der Waals surface area contributed by atoms with E-state index in [1.54, 1.807) is 6.07 Å². The minimum absolute atomic E-state index is 0.0931. The molecule has 0 spiro atoms. The lowest BCUT2D eigenvalue weighted by Crippen LogP contribution is -2.44. The smallest absolute Gasteiger partial charge is 0.264 e. The second kappa shape index (κ2) is 6.04. The van der Waals surface area contributed by atoms with Crippen LogP contribution in [-0.4, -0.2) is 36.0 Å². The Bertz CT molecular complexity index is 413. The fourth-order valence-corrected chi connectivity index (χ4v) is 3.25. The molecule has 18 heavy (non-hydrogen) atoms. The predicted molar refractivity (Wildman–Crippen MR) is 76.5 cm³/mol. The summed E-state index contributed by atoms with van der Waals surface area (Å²) in [6.07, 6.45) is 2.36. The lowest BCUT2D eigenvalue weighted by molar-refractivity contribution is 0.0694. The molecule has 1 aliphatic rings. The van der Waals surface area contributed by atoms with Gasteiger partial charge in [-0.15, -0.1) is 11.3 Å². The van der Waals surface area contributed by atoms with Gasteiger partial charge in [0.2, 0.25) is 0 Å². The first-order valence-electron chi connectivity index (χ1n) is 6.37. The van der Waals surface area contributed by atoms with Gasteiger partial charge in [0.05, 0.1) is 9.21 Å². The number of amides is 1. The Balaban J connectivity index is 2.06. The number of rotatable bonds is 4. The normalized spacial score (nSPS) is 19.4. The summed E-state index contributed by atoms with van der Waals surface area (Å²) in [5.74, 6) is 0.0931. The molecule has 1 atom stereocenters. The molecule has 1 aromatic heterocycles. The van der Waals surface area contributed by atoms with Gasteiger partial charge in [0.25, 0.3) is 5.91 Å². The Morgan fingerprint density at radius 1 is 1.61 bits per heavy atom. The zero-order valence-corrected chi connectivity index (χ0v) is 12.4. The molecule has 5 heteroatoms. The van der Waals surface area contributed by atoms with Crippen molar-refractivity contribution in [2.45, 2.75) is 38.8 Å². The van der Waals surface area contributed by atoms with Crippen LogP contribution in [0.4, 0.5) is 0 Å². The third-order valence-corrected chi connectivity index (χ3v) is 4.47. The molecule has 0 saturated carbocycles. The zero-order chi connectivity index (χ0) is 13.1. The van der Waals surface area contributed by atoms with Gasteiger partial charge in [0.1, 0.15) is 0 Å². The number of halogens is 1. The molecule has 1 saturated heterocycles. The van der Waals surface area contributed by atoms with E-state index < -0.39 is 0 Å². The molecule has 1 fully saturated rings. The van der Waals surface area contributed by atoms with E-state index in [0.717, 1.165) is 24.4 Å². The fourth-order valence-electron chi connectivity index (χ4n) is 2.25. The first-order valence-corrected chi connectivity index (χ1v) is 7.57. The van der Waals surface area contributed by atoms with Crippen LogP contribution < -0.4 is 5.32 Å². The second-order valence-corrected chi connectivity index (χ2v) is 6.66. The molecule has 1 aliphatic heterocycles. The average Bonchev–Trinajstić information content (AvgIpc) is 2.95.